The molecule has 1 unspecified atom stereocenters. The van der Waals surface area contributed by atoms with Crippen LogP contribution in [0.3, 0.4) is 0 Å². The van der Waals surface area contributed by atoms with E-state index in [0.717, 1.165) is 18.4 Å². The highest BCUT2D eigenvalue weighted by Gasteiger charge is 2.06. The topological polar surface area (TPSA) is 83.8 Å². The molecule has 0 aromatic carbocycles. The van der Waals surface area contributed by atoms with Crippen molar-refractivity contribution >= 4 is 11.7 Å². The predicted molar refractivity (Wildman–Crippen MR) is 59.5 cm³/mol. The molecule has 1 aromatic rings. The van der Waals surface area contributed by atoms with E-state index in [-0.39, 0.29) is 11.9 Å². The van der Waals surface area contributed by atoms with Crippen molar-refractivity contribution in [3.8, 4) is 0 Å². The second-order valence-electron chi connectivity index (χ2n) is 3.85. The number of anilines is 1. The van der Waals surface area contributed by atoms with Crippen molar-refractivity contribution in [1.29, 1.82) is 0 Å². The van der Waals surface area contributed by atoms with Gasteiger partial charge in [0.2, 0.25) is 5.91 Å². The molecule has 0 spiro atoms. The molecular weight excluding hydrogens is 192 g/mol. The Bertz CT molecular complexity index is 319. The second-order valence-corrected chi connectivity index (χ2v) is 3.85. The smallest absolute Gasteiger partial charge is 0.225 e. The third-order valence-electron chi connectivity index (χ3n) is 2.16. The number of nitrogens with zero attached hydrogens (tertiary/aromatic N) is 1. The fourth-order valence-electron chi connectivity index (χ4n) is 1.26. The molecule has 0 aliphatic carbocycles. The summed E-state index contributed by atoms with van der Waals surface area (Å²) in [6.45, 7) is 3.83. The molecule has 1 rings (SSSR count). The Morgan fingerprint density at radius 3 is 3.00 bits per heavy atom. The summed E-state index contributed by atoms with van der Waals surface area (Å²) < 4.78 is 0. The third-order valence-corrected chi connectivity index (χ3v) is 2.16. The molecule has 1 aromatic heterocycles. The Balaban J connectivity index is 2.28. The molecule has 0 aliphatic rings. The number of H-pyrrole nitrogens is 1. The van der Waals surface area contributed by atoms with Crippen molar-refractivity contribution in [2.24, 2.45) is 5.73 Å². The van der Waals surface area contributed by atoms with Crippen LogP contribution in [0.4, 0.5) is 5.82 Å². The van der Waals surface area contributed by atoms with E-state index in [4.69, 9.17) is 5.73 Å². The number of aromatic amines is 1. The molecule has 84 valence electrons. The maximum Gasteiger partial charge on any atom is 0.225 e. The second kappa shape index (κ2) is 5.50. The molecular formula is C10H18N4O. The van der Waals surface area contributed by atoms with Gasteiger partial charge in [0.05, 0.1) is 6.20 Å². The van der Waals surface area contributed by atoms with E-state index in [1.54, 1.807) is 6.20 Å². The van der Waals surface area contributed by atoms with Gasteiger partial charge in [-0.1, -0.05) is 0 Å². The molecule has 15 heavy (non-hydrogen) atoms. The predicted octanol–water partition coefficient (Wildman–Crippen LogP) is 1.17. The number of amides is 1. The number of carbonyl (C=O) groups excluding carboxylic acids is 1. The summed E-state index contributed by atoms with van der Waals surface area (Å²) in [7, 11) is 0. The summed E-state index contributed by atoms with van der Waals surface area (Å²) in [5.41, 5.74) is 6.53. The maximum absolute atomic E-state index is 11.4. The van der Waals surface area contributed by atoms with Gasteiger partial charge in [0.15, 0.2) is 0 Å². The number of aryl methyl sites for hydroxylation is 1. The number of nitrogens with two attached hydrogens (primary N) is 1. The van der Waals surface area contributed by atoms with Crippen LogP contribution < -0.4 is 11.1 Å². The van der Waals surface area contributed by atoms with Crippen molar-refractivity contribution in [3.63, 3.8) is 0 Å². The molecule has 0 radical (unpaired) electrons. The lowest BCUT2D eigenvalue weighted by atomic mass is 10.1. The van der Waals surface area contributed by atoms with Gasteiger partial charge in [-0.2, -0.15) is 5.10 Å². The molecule has 0 bridgehead atoms. The van der Waals surface area contributed by atoms with Gasteiger partial charge in [-0.3, -0.25) is 9.89 Å². The summed E-state index contributed by atoms with van der Waals surface area (Å²) in [4.78, 5) is 11.4. The van der Waals surface area contributed by atoms with E-state index in [9.17, 15) is 4.79 Å². The van der Waals surface area contributed by atoms with Crippen molar-refractivity contribution in [2.45, 2.75) is 39.2 Å². The Labute approximate surface area is 89.4 Å². The van der Waals surface area contributed by atoms with Crippen LogP contribution in [0.15, 0.2) is 6.20 Å². The Morgan fingerprint density at radius 2 is 2.47 bits per heavy atom. The normalized spacial score (nSPS) is 12.5. The third kappa shape index (κ3) is 4.12. The quantitative estimate of drug-likeness (QED) is 0.682. The first-order valence-corrected chi connectivity index (χ1v) is 5.15. The lowest BCUT2D eigenvalue weighted by Crippen LogP contribution is -2.17. The van der Waals surface area contributed by atoms with E-state index in [1.807, 2.05) is 13.8 Å². The molecule has 5 nitrogen and oxygen atoms in total. The molecule has 1 amide bonds. The van der Waals surface area contributed by atoms with Gasteiger partial charge in [0, 0.05) is 18.0 Å². The number of rotatable bonds is 5. The van der Waals surface area contributed by atoms with Crippen LogP contribution in [0.25, 0.3) is 0 Å². The molecule has 4 N–H and O–H groups in total. The zero-order valence-corrected chi connectivity index (χ0v) is 9.21. The minimum atomic E-state index is 0.00278. The van der Waals surface area contributed by atoms with E-state index in [0.29, 0.717) is 12.2 Å². The minimum absolute atomic E-state index is 0.00278. The monoisotopic (exact) mass is 210 g/mol. The fraction of sp³-hybridized carbons (Fsp3) is 0.600. The molecule has 1 heterocycles. The van der Waals surface area contributed by atoms with Crippen LogP contribution in [0.2, 0.25) is 0 Å². The lowest BCUT2D eigenvalue weighted by molar-refractivity contribution is -0.116. The van der Waals surface area contributed by atoms with Gasteiger partial charge in [-0.05, 0) is 26.7 Å². The van der Waals surface area contributed by atoms with Crippen LogP contribution in [0.5, 0.6) is 0 Å². The standard InChI is InChI=1S/C10H18N4O/c1-7-6-12-14-10(7)13-9(15)5-3-4-8(2)11/h6,8H,3-5,11H2,1-2H3,(H2,12,13,14,15). The largest absolute Gasteiger partial charge is 0.328 e. The van der Waals surface area contributed by atoms with Crippen LogP contribution in [0.1, 0.15) is 31.7 Å². The highest BCUT2D eigenvalue weighted by atomic mass is 16.1. The van der Waals surface area contributed by atoms with Crippen LogP contribution in [0, 0.1) is 6.92 Å². The molecule has 0 saturated heterocycles. The summed E-state index contributed by atoms with van der Waals surface area (Å²) in [5.74, 6) is 0.684. The van der Waals surface area contributed by atoms with Crippen molar-refractivity contribution < 1.29 is 4.79 Å². The Kier molecular flexibility index (Phi) is 4.30. The summed E-state index contributed by atoms with van der Waals surface area (Å²) >= 11 is 0. The highest BCUT2D eigenvalue weighted by Crippen LogP contribution is 2.09. The Morgan fingerprint density at radius 1 is 1.73 bits per heavy atom. The maximum atomic E-state index is 11.4. The van der Waals surface area contributed by atoms with Crippen LogP contribution >= 0.6 is 0 Å². The van der Waals surface area contributed by atoms with Crippen LogP contribution in [-0.4, -0.2) is 22.1 Å². The van der Waals surface area contributed by atoms with E-state index < -0.39 is 0 Å². The summed E-state index contributed by atoms with van der Waals surface area (Å²) in [5, 5.41) is 9.32. The zero-order valence-electron chi connectivity index (χ0n) is 9.21. The first-order chi connectivity index (χ1) is 7.09. The number of aromatic nitrogens is 2. The Hall–Kier alpha value is -1.36. The van der Waals surface area contributed by atoms with Crippen molar-refractivity contribution in [2.75, 3.05) is 5.32 Å². The van der Waals surface area contributed by atoms with Gasteiger partial charge < -0.3 is 11.1 Å². The first kappa shape index (κ1) is 11.7. The molecule has 1 atom stereocenters. The van der Waals surface area contributed by atoms with E-state index >= 15 is 0 Å². The summed E-state index contributed by atoms with van der Waals surface area (Å²) in [6.07, 6.45) is 3.86. The number of hydrogen-bond donors (Lipinski definition) is 3. The number of hydrogen-bond acceptors (Lipinski definition) is 3. The van der Waals surface area contributed by atoms with E-state index in [1.165, 1.54) is 0 Å². The van der Waals surface area contributed by atoms with Gasteiger partial charge in [0.25, 0.3) is 0 Å². The SMILES string of the molecule is Cc1cn[nH]c1NC(=O)CCCC(C)N. The molecule has 0 saturated carbocycles. The number of nitrogens with one attached hydrogen (secondary N) is 2. The molecule has 0 fully saturated rings. The van der Waals surface area contributed by atoms with Crippen LogP contribution in [-0.2, 0) is 4.79 Å². The molecule has 0 aliphatic heterocycles. The summed E-state index contributed by atoms with van der Waals surface area (Å²) in [6, 6.07) is 0.159. The van der Waals surface area contributed by atoms with Crippen molar-refractivity contribution in [1.82, 2.24) is 10.2 Å². The average Bonchev–Trinajstić information content (AvgIpc) is 2.51. The fourth-order valence-corrected chi connectivity index (χ4v) is 1.26. The van der Waals surface area contributed by atoms with Gasteiger partial charge in [0.1, 0.15) is 5.82 Å². The first-order valence-electron chi connectivity index (χ1n) is 5.15. The average molecular weight is 210 g/mol. The van der Waals surface area contributed by atoms with Gasteiger partial charge in [-0.15, -0.1) is 0 Å². The van der Waals surface area contributed by atoms with Gasteiger partial charge in [-0.25, -0.2) is 0 Å². The highest BCUT2D eigenvalue weighted by molar-refractivity contribution is 5.90. The van der Waals surface area contributed by atoms with Crippen molar-refractivity contribution in [3.05, 3.63) is 11.8 Å². The van der Waals surface area contributed by atoms with Gasteiger partial charge >= 0.3 is 0 Å². The minimum Gasteiger partial charge on any atom is -0.328 e. The number of carbonyl (C=O) groups is 1. The van der Waals surface area contributed by atoms with E-state index in [2.05, 4.69) is 15.5 Å². The lowest BCUT2D eigenvalue weighted by Gasteiger charge is -2.05. The molecule has 5 heteroatoms. The zero-order chi connectivity index (χ0) is 11.3.